The van der Waals surface area contributed by atoms with Gasteiger partial charge in [-0.25, -0.2) is 18.1 Å². The minimum absolute atomic E-state index is 0.260. The molecule has 1 heterocycles. The van der Waals surface area contributed by atoms with E-state index in [0.29, 0.717) is 29.9 Å². The third-order valence-electron chi connectivity index (χ3n) is 1.86. The first-order valence-electron chi connectivity index (χ1n) is 5.37. The lowest BCUT2D eigenvalue weighted by molar-refractivity contribution is 0.589. The summed E-state index contributed by atoms with van der Waals surface area (Å²) >= 11 is 5.91. The van der Waals surface area contributed by atoms with Crippen molar-refractivity contribution in [1.82, 2.24) is 14.7 Å². The fourth-order valence-electron chi connectivity index (χ4n) is 1.15. The molecule has 9 heteroatoms. The summed E-state index contributed by atoms with van der Waals surface area (Å²) in [4.78, 5) is 8.14. The van der Waals surface area contributed by atoms with Gasteiger partial charge in [-0.1, -0.05) is 11.6 Å². The highest BCUT2D eigenvalue weighted by Gasteiger charge is 2.05. The van der Waals surface area contributed by atoms with E-state index in [4.69, 9.17) is 11.6 Å². The van der Waals surface area contributed by atoms with Crippen molar-refractivity contribution in [2.75, 3.05) is 36.5 Å². The Hall–Kier alpha value is -1.12. The maximum atomic E-state index is 10.8. The van der Waals surface area contributed by atoms with Gasteiger partial charge < -0.3 is 10.6 Å². The van der Waals surface area contributed by atoms with Gasteiger partial charge in [0.2, 0.25) is 16.0 Å². The minimum atomic E-state index is -3.17. The van der Waals surface area contributed by atoms with Crippen molar-refractivity contribution in [1.29, 1.82) is 0 Å². The Labute approximate surface area is 111 Å². The zero-order valence-electron chi connectivity index (χ0n) is 10.2. The number of anilines is 2. The molecule has 1 aromatic heterocycles. The fourth-order valence-corrected chi connectivity index (χ4v) is 1.78. The smallest absolute Gasteiger partial charge is 0.224 e. The molecule has 0 aliphatic rings. The number of nitrogens with one attached hydrogen (secondary N) is 3. The highest BCUT2D eigenvalue weighted by atomic mass is 35.5. The Balaban J connectivity index is 2.53. The van der Waals surface area contributed by atoms with Crippen LogP contribution in [0.5, 0.6) is 0 Å². The van der Waals surface area contributed by atoms with Crippen LogP contribution in [-0.2, 0) is 10.0 Å². The molecule has 7 nitrogen and oxygen atoms in total. The second kappa shape index (κ2) is 6.72. The molecule has 0 unspecified atom stereocenters. The highest BCUT2D eigenvalue weighted by molar-refractivity contribution is 7.88. The lowest BCUT2D eigenvalue weighted by atomic mass is 10.5. The van der Waals surface area contributed by atoms with Crippen molar-refractivity contribution in [2.45, 2.75) is 6.92 Å². The summed E-state index contributed by atoms with van der Waals surface area (Å²) < 4.78 is 24.1. The Kier molecular flexibility index (Phi) is 5.57. The van der Waals surface area contributed by atoms with E-state index in [1.807, 2.05) is 6.92 Å². The third kappa shape index (κ3) is 5.48. The molecule has 0 aliphatic heterocycles. The number of sulfonamides is 1. The Morgan fingerprint density at radius 2 is 2.06 bits per heavy atom. The van der Waals surface area contributed by atoms with Gasteiger partial charge in [0, 0.05) is 19.6 Å². The van der Waals surface area contributed by atoms with Crippen molar-refractivity contribution < 1.29 is 8.42 Å². The maximum Gasteiger partial charge on any atom is 0.224 e. The number of nitrogens with zero attached hydrogens (tertiary/aromatic N) is 2. The van der Waals surface area contributed by atoms with E-state index >= 15 is 0 Å². The topological polar surface area (TPSA) is 96.0 Å². The zero-order chi connectivity index (χ0) is 13.6. The average Bonchev–Trinajstić information content (AvgIpc) is 2.27. The number of aromatic nitrogens is 2. The van der Waals surface area contributed by atoms with Crippen molar-refractivity contribution in [3.8, 4) is 0 Å². The van der Waals surface area contributed by atoms with Gasteiger partial charge in [0.1, 0.15) is 5.02 Å². The summed E-state index contributed by atoms with van der Waals surface area (Å²) in [6.45, 7) is 3.28. The van der Waals surface area contributed by atoms with Gasteiger partial charge in [-0.05, 0) is 6.92 Å². The molecule has 18 heavy (non-hydrogen) atoms. The maximum absolute atomic E-state index is 10.8. The molecule has 0 atom stereocenters. The largest absolute Gasteiger partial charge is 0.367 e. The van der Waals surface area contributed by atoms with E-state index in [0.717, 1.165) is 6.26 Å². The normalized spacial score (nSPS) is 11.3. The zero-order valence-corrected chi connectivity index (χ0v) is 11.8. The van der Waals surface area contributed by atoms with Gasteiger partial charge in [-0.15, -0.1) is 0 Å². The van der Waals surface area contributed by atoms with E-state index < -0.39 is 10.0 Å². The summed E-state index contributed by atoms with van der Waals surface area (Å²) in [5.74, 6) is 0.943. The standard InChI is InChI=1S/C9H16ClN5O2S/c1-3-11-9-13-6-7(10)8(15-9)12-4-5-14-18(2,16)17/h6,14H,3-5H2,1-2H3,(H2,11,12,13,15). The van der Waals surface area contributed by atoms with Crippen molar-refractivity contribution in [3.05, 3.63) is 11.2 Å². The molecule has 0 amide bonds. The quantitative estimate of drug-likeness (QED) is 0.635. The van der Waals surface area contributed by atoms with Crippen LogP contribution in [0.1, 0.15) is 6.92 Å². The SMILES string of the molecule is CCNc1ncc(Cl)c(NCCNS(C)(=O)=O)n1. The van der Waals surface area contributed by atoms with Crippen LogP contribution in [0.3, 0.4) is 0 Å². The van der Waals surface area contributed by atoms with Crippen LogP contribution in [0.4, 0.5) is 11.8 Å². The van der Waals surface area contributed by atoms with Gasteiger partial charge in [0.05, 0.1) is 12.5 Å². The number of hydrogen-bond donors (Lipinski definition) is 3. The highest BCUT2D eigenvalue weighted by Crippen LogP contribution is 2.18. The van der Waals surface area contributed by atoms with Crippen LogP contribution in [0.15, 0.2) is 6.20 Å². The van der Waals surface area contributed by atoms with Crippen LogP contribution in [0.2, 0.25) is 5.02 Å². The molecule has 0 saturated carbocycles. The molecular weight excluding hydrogens is 278 g/mol. The van der Waals surface area contributed by atoms with Gasteiger partial charge in [0.15, 0.2) is 5.82 Å². The van der Waals surface area contributed by atoms with Crippen molar-refractivity contribution >= 4 is 33.4 Å². The predicted octanol–water partition coefficient (Wildman–Crippen LogP) is 0.523. The molecule has 1 rings (SSSR count). The average molecular weight is 294 g/mol. The van der Waals surface area contributed by atoms with Crippen LogP contribution < -0.4 is 15.4 Å². The Morgan fingerprint density at radius 3 is 2.67 bits per heavy atom. The van der Waals surface area contributed by atoms with Gasteiger partial charge >= 0.3 is 0 Å². The molecule has 0 saturated heterocycles. The molecule has 0 aliphatic carbocycles. The molecule has 0 aromatic carbocycles. The minimum Gasteiger partial charge on any atom is -0.367 e. The molecule has 0 bridgehead atoms. The molecule has 0 spiro atoms. The van der Waals surface area contributed by atoms with Crippen LogP contribution in [0, 0.1) is 0 Å². The third-order valence-corrected chi connectivity index (χ3v) is 2.87. The van der Waals surface area contributed by atoms with Gasteiger partial charge in [-0.3, -0.25) is 0 Å². The summed E-state index contributed by atoms with van der Waals surface area (Å²) in [5, 5.41) is 6.28. The van der Waals surface area contributed by atoms with Gasteiger partial charge in [-0.2, -0.15) is 4.98 Å². The van der Waals surface area contributed by atoms with Crippen LogP contribution in [-0.4, -0.2) is 44.3 Å². The second-order valence-electron chi connectivity index (χ2n) is 3.51. The number of rotatable bonds is 7. The monoisotopic (exact) mass is 293 g/mol. The summed E-state index contributed by atoms with van der Waals surface area (Å²) in [5.41, 5.74) is 0. The first-order valence-corrected chi connectivity index (χ1v) is 7.64. The fraction of sp³-hybridized carbons (Fsp3) is 0.556. The summed E-state index contributed by atoms with van der Waals surface area (Å²) in [6.07, 6.45) is 2.59. The van der Waals surface area contributed by atoms with E-state index in [2.05, 4.69) is 25.3 Å². The lowest BCUT2D eigenvalue weighted by Crippen LogP contribution is -2.27. The Morgan fingerprint density at radius 1 is 1.33 bits per heavy atom. The Bertz CT molecular complexity index is 494. The molecular formula is C9H16ClN5O2S. The molecule has 3 N–H and O–H groups in total. The first kappa shape index (κ1) is 14.9. The van der Waals surface area contributed by atoms with E-state index in [9.17, 15) is 8.42 Å². The lowest BCUT2D eigenvalue weighted by Gasteiger charge is -2.09. The number of halogens is 1. The summed E-state index contributed by atoms with van der Waals surface area (Å²) in [7, 11) is -3.17. The summed E-state index contributed by atoms with van der Waals surface area (Å²) in [6, 6.07) is 0. The predicted molar refractivity (Wildman–Crippen MR) is 72.5 cm³/mol. The number of hydrogen-bond acceptors (Lipinski definition) is 6. The van der Waals surface area contributed by atoms with Gasteiger partial charge in [0.25, 0.3) is 0 Å². The van der Waals surface area contributed by atoms with E-state index in [1.165, 1.54) is 6.20 Å². The molecule has 0 fully saturated rings. The van der Waals surface area contributed by atoms with Crippen molar-refractivity contribution in [2.24, 2.45) is 0 Å². The first-order chi connectivity index (χ1) is 8.42. The molecule has 1 aromatic rings. The van der Waals surface area contributed by atoms with Crippen molar-refractivity contribution in [3.63, 3.8) is 0 Å². The molecule has 0 radical (unpaired) electrons. The van der Waals surface area contributed by atoms with E-state index in [1.54, 1.807) is 0 Å². The van der Waals surface area contributed by atoms with E-state index in [-0.39, 0.29) is 6.54 Å². The van der Waals surface area contributed by atoms with Crippen LogP contribution in [0.25, 0.3) is 0 Å². The molecule has 102 valence electrons. The van der Waals surface area contributed by atoms with Crippen LogP contribution >= 0.6 is 11.6 Å². The second-order valence-corrected chi connectivity index (χ2v) is 5.75.